The van der Waals surface area contributed by atoms with Gasteiger partial charge in [0.05, 0.1) is 4.90 Å². The number of rotatable bonds is 4. The second kappa shape index (κ2) is 8.52. The van der Waals surface area contributed by atoms with Crippen LogP contribution in [0.1, 0.15) is 0 Å². The Morgan fingerprint density at radius 3 is 1.41 bits per heavy atom. The van der Waals surface area contributed by atoms with E-state index in [0.29, 0.717) is 14.9 Å². The van der Waals surface area contributed by atoms with E-state index in [1.807, 2.05) is 72.8 Å². The third kappa shape index (κ3) is 4.44. The molecule has 0 aliphatic rings. The van der Waals surface area contributed by atoms with Gasteiger partial charge in [0.2, 0.25) is 0 Å². The quantitative estimate of drug-likeness (QED) is 0.333. The van der Waals surface area contributed by atoms with E-state index in [4.69, 9.17) is 23.2 Å². The molecule has 0 spiro atoms. The predicted molar refractivity (Wildman–Crippen MR) is 122 cm³/mol. The minimum absolute atomic E-state index is 0.372. The van der Waals surface area contributed by atoms with Crippen molar-refractivity contribution in [2.45, 2.75) is 4.90 Å². The summed E-state index contributed by atoms with van der Waals surface area (Å²) in [6.45, 7) is 0. The minimum Gasteiger partial charge on any atom is -0.302 e. The fraction of sp³-hybridized carbons (Fsp3) is 0. The van der Waals surface area contributed by atoms with Crippen LogP contribution in [0.2, 0.25) is 10.0 Å². The molecule has 0 saturated carbocycles. The fourth-order valence-electron chi connectivity index (χ4n) is 3.21. The van der Waals surface area contributed by atoms with Gasteiger partial charge in [-0.15, -0.1) is 0 Å². The molecule has 0 radical (unpaired) electrons. The molecule has 1 N–H and O–H groups in total. The van der Waals surface area contributed by atoms with E-state index in [0.717, 1.165) is 33.4 Å². The van der Waals surface area contributed by atoms with Crippen LogP contribution in [0.25, 0.3) is 33.4 Å². The first-order valence-electron chi connectivity index (χ1n) is 8.88. The molecule has 1 atom stereocenters. The molecular formula is C24H16Cl2O2S. The Labute approximate surface area is 182 Å². The zero-order chi connectivity index (χ0) is 20.4. The second-order valence-corrected chi connectivity index (χ2v) is 8.36. The van der Waals surface area contributed by atoms with Gasteiger partial charge in [0.25, 0.3) is 0 Å². The predicted octanol–water partition coefficient (Wildman–Crippen LogP) is 7.58. The molecule has 144 valence electrons. The van der Waals surface area contributed by atoms with E-state index in [2.05, 4.69) is 0 Å². The van der Waals surface area contributed by atoms with Crippen LogP contribution in [0.5, 0.6) is 0 Å². The standard InChI is InChI=1S/C24H16Cl2O2S/c25-21-10-5-17(6-11-21)16-1-3-19(4-2-16)23-14-9-20(15-24(23)29(27)28)18-7-12-22(26)13-8-18/h1-15H,(H,27,28). The molecule has 4 aromatic carbocycles. The summed E-state index contributed by atoms with van der Waals surface area (Å²) in [5.74, 6) is 0. The number of hydrogen-bond donors (Lipinski definition) is 1. The maximum Gasteiger partial charge on any atom is 0.187 e. The van der Waals surface area contributed by atoms with Gasteiger partial charge >= 0.3 is 0 Å². The Kier molecular flexibility index (Phi) is 5.84. The van der Waals surface area contributed by atoms with Crippen LogP contribution in [0.3, 0.4) is 0 Å². The molecule has 0 aliphatic carbocycles. The van der Waals surface area contributed by atoms with Crippen LogP contribution >= 0.6 is 23.2 Å². The van der Waals surface area contributed by atoms with Gasteiger partial charge in [-0.1, -0.05) is 83.9 Å². The van der Waals surface area contributed by atoms with Gasteiger partial charge in [-0.2, -0.15) is 0 Å². The monoisotopic (exact) mass is 438 g/mol. The van der Waals surface area contributed by atoms with Crippen molar-refractivity contribution in [1.82, 2.24) is 0 Å². The summed E-state index contributed by atoms with van der Waals surface area (Å²) in [6, 6.07) is 28.5. The molecule has 29 heavy (non-hydrogen) atoms. The van der Waals surface area contributed by atoms with E-state index >= 15 is 0 Å². The highest BCUT2D eigenvalue weighted by Crippen LogP contribution is 2.32. The first kappa shape index (κ1) is 19.9. The van der Waals surface area contributed by atoms with Crippen molar-refractivity contribution in [3.63, 3.8) is 0 Å². The lowest BCUT2D eigenvalue weighted by molar-refractivity contribution is 0.565. The Bertz CT molecular complexity index is 1170. The van der Waals surface area contributed by atoms with Crippen molar-refractivity contribution in [3.05, 3.63) is 101 Å². The van der Waals surface area contributed by atoms with E-state index in [1.54, 1.807) is 18.2 Å². The highest BCUT2D eigenvalue weighted by molar-refractivity contribution is 7.79. The lowest BCUT2D eigenvalue weighted by atomic mass is 9.98. The van der Waals surface area contributed by atoms with Crippen LogP contribution in [0.15, 0.2) is 95.9 Å². The van der Waals surface area contributed by atoms with Crippen LogP contribution in [0.4, 0.5) is 0 Å². The Morgan fingerprint density at radius 1 is 0.552 bits per heavy atom. The van der Waals surface area contributed by atoms with Crippen LogP contribution < -0.4 is 0 Å². The van der Waals surface area contributed by atoms with Crippen LogP contribution in [0, 0.1) is 0 Å². The van der Waals surface area contributed by atoms with Crippen molar-refractivity contribution in [3.8, 4) is 33.4 Å². The van der Waals surface area contributed by atoms with Gasteiger partial charge in [-0.3, -0.25) is 0 Å². The zero-order valence-corrected chi connectivity index (χ0v) is 17.5. The maximum absolute atomic E-state index is 12.0. The first-order valence-corrected chi connectivity index (χ1v) is 10.7. The average molecular weight is 439 g/mol. The summed E-state index contributed by atoms with van der Waals surface area (Å²) in [6.07, 6.45) is 0. The van der Waals surface area contributed by atoms with E-state index in [1.165, 1.54) is 0 Å². The Hall–Kier alpha value is -2.43. The van der Waals surface area contributed by atoms with E-state index in [9.17, 15) is 8.76 Å². The zero-order valence-electron chi connectivity index (χ0n) is 15.2. The fourth-order valence-corrected chi connectivity index (χ4v) is 4.07. The Morgan fingerprint density at radius 2 is 0.931 bits per heavy atom. The number of hydrogen-bond acceptors (Lipinski definition) is 1. The summed E-state index contributed by atoms with van der Waals surface area (Å²) < 4.78 is 21.9. The van der Waals surface area contributed by atoms with Gasteiger partial charge in [0, 0.05) is 15.6 Å². The van der Waals surface area contributed by atoms with Crippen molar-refractivity contribution in [2.75, 3.05) is 0 Å². The molecule has 0 heterocycles. The van der Waals surface area contributed by atoms with Crippen LogP contribution in [-0.4, -0.2) is 8.76 Å². The molecule has 0 saturated heterocycles. The highest BCUT2D eigenvalue weighted by atomic mass is 35.5. The summed E-state index contributed by atoms with van der Waals surface area (Å²) in [7, 11) is 0. The minimum atomic E-state index is -2.11. The molecular weight excluding hydrogens is 423 g/mol. The van der Waals surface area contributed by atoms with Gasteiger partial charge in [-0.25, -0.2) is 4.21 Å². The van der Waals surface area contributed by atoms with Gasteiger partial charge in [-0.05, 0) is 58.1 Å². The van der Waals surface area contributed by atoms with Crippen molar-refractivity contribution >= 4 is 34.3 Å². The topological polar surface area (TPSA) is 37.3 Å². The van der Waals surface area contributed by atoms with Crippen molar-refractivity contribution in [1.29, 1.82) is 0 Å². The molecule has 1 unspecified atom stereocenters. The number of halogens is 2. The molecule has 4 aromatic rings. The van der Waals surface area contributed by atoms with E-state index < -0.39 is 11.1 Å². The summed E-state index contributed by atoms with van der Waals surface area (Å²) >= 11 is 9.80. The molecule has 4 rings (SSSR count). The van der Waals surface area contributed by atoms with Gasteiger partial charge in [0.15, 0.2) is 11.1 Å². The molecule has 0 amide bonds. The normalized spacial score (nSPS) is 12.0. The number of benzene rings is 4. The van der Waals surface area contributed by atoms with Gasteiger partial charge < -0.3 is 4.55 Å². The van der Waals surface area contributed by atoms with Crippen molar-refractivity contribution < 1.29 is 8.76 Å². The summed E-state index contributed by atoms with van der Waals surface area (Å²) in [4.78, 5) is 0.372. The molecule has 0 bridgehead atoms. The molecule has 0 fully saturated rings. The third-order valence-electron chi connectivity index (χ3n) is 4.72. The van der Waals surface area contributed by atoms with Crippen LogP contribution in [-0.2, 0) is 11.1 Å². The molecule has 0 aromatic heterocycles. The lowest BCUT2D eigenvalue weighted by Gasteiger charge is -2.11. The first-order chi connectivity index (χ1) is 14.0. The van der Waals surface area contributed by atoms with Crippen molar-refractivity contribution in [2.24, 2.45) is 0 Å². The Balaban J connectivity index is 1.71. The van der Waals surface area contributed by atoms with Gasteiger partial charge in [0.1, 0.15) is 0 Å². The SMILES string of the molecule is O=S(O)c1cc(-c2ccc(Cl)cc2)ccc1-c1ccc(-c2ccc(Cl)cc2)cc1. The third-order valence-corrected chi connectivity index (χ3v) is 5.94. The summed E-state index contributed by atoms with van der Waals surface area (Å²) in [5.41, 5.74) is 5.51. The maximum atomic E-state index is 12.0. The summed E-state index contributed by atoms with van der Waals surface area (Å²) in [5, 5.41) is 1.35. The molecule has 2 nitrogen and oxygen atoms in total. The largest absolute Gasteiger partial charge is 0.302 e. The van der Waals surface area contributed by atoms with E-state index in [-0.39, 0.29) is 0 Å². The average Bonchev–Trinajstić information content (AvgIpc) is 2.74. The molecule has 0 aliphatic heterocycles. The lowest BCUT2D eigenvalue weighted by Crippen LogP contribution is -1.94. The highest BCUT2D eigenvalue weighted by Gasteiger charge is 2.12. The molecule has 5 heteroatoms. The second-order valence-electron chi connectivity index (χ2n) is 6.55. The smallest absolute Gasteiger partial charge is 0.187 e.